The van der Waals surface area contributed by atoms with Gasteiger partial charge in [0, 0.05) is 6.04 Å². The van der Waals surface area contributed by atoms with E-state index in [1.165, 1.54) is 0 Å². The Bertz CT molecular complexity index is 679. The summed E-state index contributed by atoms with van der Waals surface area (Å²) in [6.45, 7) is 0. The molecule has 25 heavy (non-hydrogen) atoms. The fourth-order valence-corrected chi connectivity index (χ4v) is 3.32. The molecule has 0 spiro atoms. The third kappa shape index (κ3) is 4.18. The summed E-state index contributed by atoms with van der Waals surface area (Å²) in [4.78, 5) is 25.8. The van der Waals surface area contributed by atoms with E-state index in [0.717, 1.165) is 24.2 Å². The van der Waals surface area contributed by atoms with Crippen molar-refractivity contribution < 1.29 is 14.7 Å². The number of urea groups is 1. The number of hydrogen-bond acceptors (Lipinski definition) is 2. The number of carbonyl (C=O) groups is 2. The van der Waals surface area contributed by atoms with Crippen LogP contribution in [0.5, 0.6) is 0 Å². The fraction of sp³-hybridized carbons (Fsp3) is 0.300. The molecule has 2 aromatic rings. The maximum absolute atomic E-state index is 13.0. The average Bonchev–Trinajstić information content (AvgIpc) is 2.64. The van der Waals surface area contributed by atoms with E-state index in [1.807, 2.05) is 60.7 Å². The molecule has 1 saturated carbocycles. The number of para-hydroxylation sites is 2. The van der Waals surface area contributed by atoms with Crippen molar-refractivity contribution in [2.45, 2.75) is 31.7 Å². The lowest BCUT2D eigenvalue weighted by atomic mass is 9.86. The van der Waals surface area contributed by atoms with Crippen LogP contribution in [0.15, 0.2) is 60.7 Å². The zero-order valence-corrected chi connectivity index (χ0v) is 14.0. The molecule has 2 N–H and O–H groups in total. The number of anilines is 2. The molecule has 0 unspecified atom stereocenters. The second-order valence-corrected chi connectivity index (χ2v) is 6.35. The lowest BCUT2D eigenvalue weighted by Gasteiger charge is -2.30. The van der Waals surface area contributed by atoms with Crippen LogP contribution in [-0.4, -0.2) is 23.1 Å². The van der Waals surface area contributed by atoms with Crippen LogP contribution in [0.4, 0.5) is 16.2 Å². The Morgan fingerprint density at radius 2 is 1.48 bits per heavy atom. The van der Waals surface area contributed by atoms with Gasteiger partial charge in [0.2, 0.25) is 0 Å². The van der Waals surface area contributed by atoms with Crippen molar-refractivity contribution in [3.8, 4) is 0 Å². The van der Waals surface area contributed by atoms with E-state index in [1.54, 1.807) is 4.90 Å². The minimum atomic E-state index is -0.776. The third-order valence-corrected chi connectivity index (χ3v) is 4.58. The summed E-state index contributed by atoms with van der Waals surface area (Å²) in [5.74, 6) is -1.15. The van der Waals surface area contributed by atoms with E-state index in [-0.39, 0.29) is 18.0 Å². The molecule has 0 aromatic heterocycles. The SMILES string of the molecule is O=C(O)[C@@H]1CCC[C@H](NC(=O)N(c2ccccc2)c2ccccc2)C1. The Morgan fingerprint density at radius 1 is 0.920 bits per heavy atom. The molecule has 130 valence electrons. The van der Waals surface area contributed by atoms with E-state index in [2.05, 4.69) is 5.32 Å². The number of hydrogen-bond donors (Lipinski definition) is 2. The van der Waals surface area contributed by atoms with E-state index >= 15 is 0 Å². The van der Waals surface area contributed by atoms with Crippen molar-refractivity contribution in [3.63, 3.8) is 0 Å². The predicted molar refractivity (Wildman–Crippen MR) is 96.9 cm³/mol. The highest BCUT2D eigenvalue weighted by molar-refractivity contribution is 5.99. The van der Waals surface area contributed by atoms with Crippen molar-refractivity contribution in [1.29, 1.82) is 0 Å². The standard InChI is InChI=1S/C20H22N2O3/c23-19(24)15-8-7-9-16(14-15)21-20(25)22(17-10-3-1-4-11-17)18-12-5-2-6-13-18/h1-6,10-13,15-16H,7-9,14H2,(H,21,25)(H,23,24)/t15-,16+/m1/s1. The molecule has 5 heteroatoms. The number of nitrogens with one attached hydrogen (secondary N) is 1. The van der Waals surface area contributed by atoms with Crippen LogP contribution < -0.4 is 10.2 Å². The van der Waals surface area contributed by atoms with Gasteiger partial charge in [-0.1, -0.05) is 42.8 Å². The van der Waals surface area contributed by atoms with E-state index in [0.29, 0.717) is 12.8 Å². The second kappa shape index (κ2) is 7.83. The van der Waals surface area contributed by atoms with E-state index in [9.17, 15) is 14.7 Å². The maximum Gasteiger partial charge on any atom is 0.326 e. The molecule has 0 radical (unpaired) electrons. The Balaban J connectivity index is 1.79. The van der Waals surface area contributed by atoms with Crippen LogP contribution in [0.2, 0.25) is 0 Å². The molecule has 1 aliphatic rings. The molecule has 2 amide bonds. The van der Waals surface area contributed by atoms with Gasteiger partial charge in [0.25, 0.3) is 0 Å². The number of carboxylic acids is 1. The van der Waals surface area contributed by atoms with Gasteiger partial charge in [-0.3, -0.25) is 9.69 Å². The van der Waals surface area contributed by atoms with Crippen LogP contribution in [0.25, 0.3) is 0 Å². The Labute approximate surface area is 147 Å². The number of rotatable bonds is 4. The first-order chi connectivity index (χ1) is 12.1. The summed E-state index contributed by atoms with van der Waals surface area (Å²) >= 11 is 0. The smallest absolute Gasteiger partial charge is 0.326 e. The van der Waals surface area contributed by atoms with Crippen molar-refractivity contribution in [1.82, 2.24) is 5.32 Å². The molecule has 1 aliphatic carbocycles. The highest BCUT2D eigenvalue weighted by Gasteiger charge is 2.29. The van der Waals surface area contributed by atoms with Crippen molar-refractivity contribution >= 4 is 23.4 Å². The molecule has 0 aliphatic heterocycles. The molecule has 0 heterocycles. The van der Waals surface area contributed by atoms with Gasteiger partial charge in [0.05, 0.1) is 17.3 Å². The highest BCUT2D eigenvalue weighted by Crippen LogP contribution is 2.27. The summed E-state index contributed by atoms with van der Waals surface area (Å²) in [5, 5.41) is 12.3. The Hall–Kier alpha value is -2.82. The van der Waals surface area contributed by atoms with Gasteiger partial charge < -0.3 is 10.4 Å². The number of benzene rings is 2. The van der Waals surface area contributed by atoms with Crippen LogP contribution in [0.3, 0.4) is 0 Å². The van der Waals surface area contributed by atoms with Crippen molar-refractivity contribution in [3.05, 3.63) is 60.7 Å². The van der Waals surface area contributed by atoms with Crippen LogP contribution >= 0.6 is 0 Å². The van der Waals surface area contributed by atoms with Crippen LogP contribution in [-0.2, 0) is 4.79 Å². The maximum atomic E-state index is 13.0. The number of amides is 2. The first-order valence-electron chi connectivity index (χ1n) is 8.58. The number of carboxylic acid groups (broad SMARTS) is 1. The van der Waals surface area contributed by atoms with Gasteiger partial charge in [0.1, 0.15) is 0 Å². The van der Waals surface area contributed by atoms with Crippen LogP contribution in [0, 0.1) is 5.92 Å². The molecule has 3 rings (SSSR count). The van der Waals surface area contributed by atoms with Gasteiger partial charge in [-0.25, -0.2) is 4.79 Å². The van der Waals surface area contributed by atoms with Gasteiger partial charge >= 0.3 is 12.0 Å². The minimum absolute atomic E-state index is 0.114. The third-order valence-electron chi connectivity index (χ3n) is 4.58. The number of nitrogens with zero attached hydrogens (tertiary/aromatic N) is 1. The molecular formula is C20H22N2O3. The lowest BCUT2D eigenvalue weighted by molar-refractivity contribution is -0.143. The number of aliphatic carboxylic acids is 1. The first-order valence-corrected chi connectivity index (χ1v) is 8.58. The van der Waals surface area contributed by atoms with Crippen LogP contribution in [0.1, 0.15) is 25.7 Å². The topological polar surface area (TPSA) is 69.6 Å². The molecule has 0 saturated heterocycles. The van der Waals surface area contributed by atoms with Gasteiger partial charge in [0.15, 0.2) is 0 Å². The zero-order valence-electron chi connectivity index (χ0n) is 14.0. The van der Waals surface area contributed by atoms with Gasteiger partial charge in [-0.2, -0.15) is 0 Å². The average molecular weight is 338 g/mol. The van der Waals surface area contributed by atoms with E-state index in [4.69, 9.17) is 0 Å². The predicted octanol–water partition coefficient (Wildman–Crippen LogP) is 4.18. The lowest BCUT2D eigenvalue weighted by Crippen LogP contribution is -2.45. The normalized spacial score (nSPS) is 19.8. The van der Waals surface area contributed by atoms with Gasteiger partial charge in [-0.05, 0) is 43.5 Å². The summed E-state index contributed by atoms with van der Waals surface area (Å²) in [6.07, 6.45) is 2.80. The summed E-state index contributed by atoms with van der Waals surface area (Å²) in [5.41, 5.74) is 1.55. The van der Waals surface area contributed by atoms with Gasteiger partial charge in [-0.15, -0.1) is 0 Å². The Kier molecular flexibility index (Phi) is 5.33. The monoisotopic (exact) mass is 338 g/mol. The fourth-order valence-electron chi connectivity index (χ4n) is 3.32. The molecular weight excluding hydrogens is 316 g/mol. The minimum Gasteiger partial charge on any atom is -0.481 e. The quantitative estimate of drug-likeness (QED) is 0.879. The molecule has 0 bridgehead atoms. The molecule has 5 nitrogen and oxygen atoms in total. The van der Waals surface area contributed by atoms with Crippen molar-refractivity contribution in [2.75, 3.05) is 4.90 Å². The number of carbonyl (C=O) groups excluding carboxylic acids is 1. The summed E-state index contributed by atoms with van der Waals surface area (Å²) in [7, 11) is 0. The first kappa shape index (κ1) is 17.0. The van der Waals surface area contributed by atoms with E-state index < -0.39 is 5.97 Å². The summed E-state index contributed by atoms with van der Waals surface area (Å²) < 4.78 is 0. The van der Waals surface area contributed by atoms with Crippen molar-refractivity contribution in [2.24, 2.45) is 5.92 Å². The summed E-state index contributed by atoms with van der Waals surface area (Å²) in [6, 6.07) is 18.6. The molecule has 2 atom stereocenters. The Morgan fingerprint density at radius 3 is 2.00 bits per heavy atom. The zero-order chi connectivity index (χ0) is 17.6. The highest BCUT2D eigenvalue weighted by atomic mass is 16.4. The second-order valence-electron chi connectivity index (χ2n) is 6.35. The largest absolute Gasteiger partial charge is 0.481 e. The molecule has 1 fully saturated rings. The molecule has 2 aromatic carbocycles.